The molecule has 0 radical (unpaired) electrons. The molecule has 1 aromatic rings. The van der Waals surface area contributed by atoms with Gasteiger partial charge in [0.2, 0.25) is 0 Å². The lowest BCUT2D eigenvalue weighted by atomic mass is 10.2. The van der Waals surface area contributed by atoms with Gasteiger partial charge < -0.3 is 15.3 Å². The molecular weight excluding hydrogens is 278 g/mol. The zero-order valence-corrected chi connectivity index (χ0v) is 13.5. The number of carbonyl (C=O) groups is 1. The number of carbonyl (C=O) groups excluding carboxylic acids is 1. The number of aliphatic hydroxyl groups is 1. The topological polar surface area (TPSA) is 55.8 Å². The SMILES string of the molecule is CCN(CCO)C(=O)NC1CC(C)N(Cc2ccccc2)C1. The van der Waals surface area contributed by atoms with Gasteiger partial charge in [-0.1, -0.05) is 30.3 Å². The van der Waals surface area contributed by atoms with Crippen molar-refractivity contribution in [1.29, 1.82) is 0 Å². The summed E-state index contributed by atoms with van der Waals surface area (Å²) >= 11 is 0. The van der Waals surface area contributed by atoms with E-state index in [9.17, 15) is 4.79 Å². The van der Waals surface area contributed by atoms with Crippen molar-refractivity contribution < 1.29 is 9.90 Å². The summed E-state index contributed by atoms with van der Waals surface area (Å²) in [6.07, 6.45) is 0.968. The summed E-state index contributed by atoms with van der Waals surface area (Å²) in [5, 5.41) is 12.1. The van der Waals surface area contributed by atoms with Gasteiger partial charge in [-0.3, -0.25) is 4.90 Å². The van der Waals surface area contributed by atoms with Crippen LogP contribution in [0, 0.1) is 0 Å². The molecule has 1 saturated heterocycles. The lowest BCUT2D eigenvalue weighted by Gasteiger charge is -2.23. The maximum atomic E-state index is 12.2. The minimum atomic E-state index is -0.0738. The molecule has 2 unspecified atom stereocenters. The Hall–Kier alpha value is -1.59. The molecule has 5 heteroatoms. The van der Waals surface area contributed by atoms with Gasteiger partial charge in [0.05, 0.1) is 6.61 Å². The van der Waals surface area contributed by atoms with Crippen LogP contribution in [0.3, 0.4) is 0 Å². The number of hydrogen-bond acceptors (Lipinski definition) is 3. The summed E-state index contributed by atoms with van der Waals surface area (Å²) < 4.78 is 0. The Kier molecular flexibility index (Phi) is 6.21. The van der Waals surface area contributed by atoms with Crippen molar-refractivity contribution in [3.05, 3.63) is 35.9 Å². The van der Waals surface area contributed by atoms with Crippen LogP contribution in [0.2, 0.25) is 0 Å². The van der Waals surface area contributed by atoms with Crippen LogP contribution in [0.4, 0.5) is 4.79 Å². The summed E-state index contributed by atoms with van der Waals surface area (Å²) in [5.74, 6) is 0. The van der Waals surface area contributed by atoms with Crippen LogP contribution >= 0.6 is 0 Å². The number of benzene rings is 1. The quantitative estimate of drug-likeness (QED) is 0.840. The number of rotatable bonds is 6. The molecule has 0 aromatic heterocycles. The Balaban J connectivity index is 1.86. The Labute approximate surface area is 132 Å². The highest BCUT2D eigenvalue weighted by Crippen LogP contribution is 2.20. The van der Waals surface area contributed by atoms with Gasteiger partial charge in [-0.05, 0) is 25.8 Å². The normalized spacial score (nSPS) is 21.8. The fourth-order valence-electron chi connectivity index (χ4n) is 3.03. The molecule has 5 nitrogen and oxygen atoms in total. The fourth-order valence-corrected chi connectivity index (χ4v) is 3.03. The van der Waals surface area contributed by atoms with Gasteiger partial charge in [-0.25, -0.2) is 4.79 Å². The number of nitrogens with one attached hydrogen (secondary N) is 1. The molecule has 1 aliphatic rings. The Morgan fingerprint density at radius 1 is 1.41 bits per heavy atom. The highest BCUT2D eigenvalue weighted by molar-refractivity contribution is 5.74. The molecule has 0 spiro atoms. The molecule has 2 rings (SSSR count). The van der Waals surface area contributed by atoms with Crippen molar-refractivity contribution in [2.75, 3.05) is 26.2 Å². The average molecular weight is 305 g/mol. The molecule has 0 aliphatic carbocycles. The van der Waals surface area contributed by atoms with E-state index in [0.717, 1.165) is 19.5 Å². The number of likely N-dealkylation sites (N-methyl/N-ethyl adjacent to an activating group) is 1. The van der Waals surface area contributed by atoms with Crippen LogP contribution in [-0.4, -0.2) is 59.3 Å². The largest absolute Gasteiger partial charge is 0.395 e. The van der Waals surface area contributed by atoms with E-state index >= 15 is 0 Å². The monoisotopic (exact) mass is 305 g/mol. The lowest BCUT2D eigenvalue weighted by molar-refractivity contribution is 0.177. The van der Waals surface area contributed by atoms with E-state index in [1.54, 1.807) is 4.90 Å². The molecule has 1 aliphatic heterocycles. The zero-order chi connectivity index (χ0) is 15.9. The summed E-state index contributed by atoms with van der Waals surface area (Å²) in [4.78, 5) is 16.2. The third-order valence-corrected chi connectivity index (χ3v) is 4.30. The smallest absolute Gasteiger partial charge is 0.317 e. The van der Waals surface area contributed by atoms with Crippen molar-refractivity contribution >= 4 is 6.03 Å². The van der Waals surface area contributed by atoms with Crippen LogP contribution in [0.15, 0.2) is 30.3 Å². The van der Waals surface area contributed by atoms with E-state index < -0.39 is 0 Å². The summed E-state index contributed by atoms with van der Waals surface area (Å²) in [7, 11) is 0. The van der Waals surface area contributed by atoms with Crippen LogP contribution in [0.1, 0.15) is 25.8 Å². The Bertz CT molecular complexity index is 466. The standard InChI is InChI=1S/C17H27N3O2/c1-3-19(9-10-21)17(22)18-16-11-14(2)20(13-16)12-15-7-5-4-6-8-15/h4-8,14,16,21H,3,9-13H2,1-2H3,(H,18,22). The summed E-state index contributed by atoms with van der Waals surface area (Å²) in [5.41, 5.74) is 1.30. The summed E-state index contributed by atoms with van der Waals surface area (Å²) in [6, 6.07) is 11.0. The Morgan fingerprint density at radius 3 is 2.77 bits per heavy atom. The number of nitrogens with zero attached hydrogens (tertiary/aromatic N) is 2. The van der Waals surface area contributed by atoms with Crippen molar-refractivity contribution in [2.24, 2.45) is 0 Å². The van der Waals surface area contributed by atoms with E-state index in [0.29, 0.717) is 19.1 Å². The lowest BCUT2D eigenvalue weighted by Crippen LogP contribution is -2.46. The second kappa shape index (κ2) is 8.15. The number of urea groups is 1. The Morgan fingerprint density at radius 2 is 2.14 bits per heavy atom. The van der Waals surface area contributed by atoms with Crippen LogP contribution in [0.25, 0.3) is 0 Å². The van der Waals surface area contributed by atoms with E-state index in [1.165, 1.54) is 5.56 Å². The maximum absolute atomic E-state index is 12.2. The minimum Gasteiger partial charge on any atom is -0.395 e. The van der Waals surface area contributed by atoms with Crippen LogP contribution < -0.4 is 5.32 Å². The summed E-state index contributed by atoms with van der Waals surface area (Å²) in [6.45, 7) is 6.93. The molecule has 0 saturated carbocycles. The molecule has 0 bridgehead atoms. The van der Waals surface area contributed by atoms with Gasteiger partial charge in [-0.2, -0.15) is 0 Å². The second-order valence-corrected chi connectivity index (χ2v) is 5.95. The van der Waals surface area contributed by atoms with Gasteiger partial charge in [0, 0.05) is 38.3 Å². The predicted octanol–water partition coefficient (Wildman–Crippen LogP) is 1.67. The molecule has 1 aromatic carbocycles. The van der Waals surface area contributed by atoms with Crippen molar-refractivity contribution in [2.45, 2.75) is 38.9 Å². The van der Waals surface area contributed by atoms with Gasteiger partial charge in [-0.15, -0.1) is 0 Å². The number of hydrogen-bond donors (Lipinski definition) is 2. The first-order valence-electron chi connectivity index (χ1n) is 8.08. The molecule has 2 atom stereocenters. The van der Waals surface area contributed by atoms with Gasteiger partial charge in [0.25, 0.3) is 0 Å². The first-order valence-corrected chi connectivity index (χ1v) is 8.08. The van der Waals surface area contributed by atoms with E-state index in [4.69, 9.17) is 5.11 Å². The molecule has 22 heavy (non-hydrogen) atoms. The van der Waals surface area contributed by atoms with Gasteiger partial charge in [0.15, 0.2) is 0 Å². The third-order valence-electron chi connectivity index (χ3n) is 4.30. The van der Waals surface area contributed by atoms with E-state index in [-0.39, 0.29) is 18.7 Å². The van der Waals surface area contributed by atoms with E-state index in [1.807, 2.05) is 13.0 Å². The molecular formula is C17H27N3O2. The number of aliphatic hydroxyl groups excluding tert-OH is 1. The average Bonchev–Trinajstić information content (AvgIpc) is 2.85. The molecule has 2 amide bonds. The van der Waals surface area contributed by atoms with Crippen molar-refractivity contribution in [3.63, 3.8) is 0 Å². The van der Waals surface area contributed by atoms with Gasteiger partial charge in [0.1, 0.15) is 0 Å². The number of likely N-dealkylation sites (tertiary alicyclic amines) is 1. The first-order chi connectivity index (χ1) is 10.6. The van der Waals surface area contributed by atoms with Crippen molar-refractivity contribution in [3.8, 4) is 0 Å². The molecule has 122 valence electrons. The molecule has 2 N–H and O–H groups in total. The second-order valence-electron chi connectivity index (χ2n) is 5.95. The van der Waals surface area contributed by atoms with E-state index in [2.05, 4.69) is 41.4 Å². The number of amides is 2. The van der Waals surface area contributed by atoms with Crippen LogP contribution in [-0.2, 0) is 6.54 Å². The maximum Gasteiger partial charge on any atom is 0.317 e. The molecule has 1 heterocycles. The molecule has 1 fully saturated rings. The third kappa shape index (κ3) is 4.45. The predicted molar refractivity (Wildman–Crippen MR) is 87.6 cm³/mol. The zero-order valence-electron chi connectivity index (χ0n) is 13.5. The highest BCUT2D eigenvalue weighted by Gasteiger charge is 2.30. The minimum absolute atomic E-state index is 0.00244. The van der Waals surface area contributed by atoms with Gasteiger partial charge >= 0.3 is 6.03 Å². The van der Waals surface area contributed by atoms with Crippen molar-refractivity contribution in [1.82, 2.24) is 15.1 Å². The fraction of sp³-hybridized carbons (Fsp3) is 0.588. The first kappa shape index (κ1) is 16.8. The van der Waals surface area contributed by atoms with Crippen LogP contribution in [0.5, 0.6) is 0 Å². The highest BCUT2D eigenvalue weighted by atomic mass is 16.3.